The molecule has 3 heteroatoms. The molecule has 0 aliphatic rings. The van der Waals surface area contributed by atoms with E-state index in [0.29, 0.717) is 5.71 Å². The summed E-state index contributed by atoms with van der Waals surface area (Å²) in [6.07, 6.45) is 0. The maximum atomic E-state index is 6.03. The average molecular weight is 374 g/mol. The van der Waals surface area contributed by atoms with Gasteiger partial charge in [-0.2, -0.15) is 0 Å². The van der Waals surface area contributed by atoms with Crippen molar-refractivity contribution in [3.63, 3.8) is 0 Å². The van der Waals surface area contributed by atoms with Crippen molar-refractivity contribution in [2.75, 3.05) is 0 Å². The molecular formula is C21H12BrNO. The van der Waals surface area contributed by atoms with Gasteiger partial charge in [0, 0.05) is 20.8 Å². The molecule has 2 aromatic heterocycles. The molecule has 114 valence electrons. The van der Waals surface area contributed by atoms with Gasteiger partial charge < -0.3 is 4.42 Å². The summed E-state index contributed by atoms with van der Waals surface area (Å²) in [5, 5.41) is 4.50. The van der Waals surface area contributed by atoms with Crippen LogP contribution in [0.1, 0.15) is 0 Å². The summed E-state index contributed by atoms with van der Waals surface area (Å²) in [5.41, 5.74) is 3.59. The minimum atomic E-state index is 0.688. The van der Waals surface area contributed by atoms with Crippen LogP contribution < -0.4 is 0 Å². The number of para-hydroxylation sites is 1. The molecule has 5 aromatic rings. The first-order valence-corrected chi connectivity index (χ1v) is 8.56. The number of halogens is 1. The summed E-state index contributed by atoms with van der Waals surface area (Å²) >= 11 is 3.49. The van der Waals surface area contributed by atoms with Crippen LogP contribution in [0.15, 0.2) is 81.7 Å². The lowest BCUT2D eigenvalue weighted by atomic mass is 10.0. The molecule has 5 rings (SSSR count). The molecular weight excluding hydrogens is 362 g/mol. The number of hydrogen-bond acceptors (Lipinski definition) is 2. The van der Waals surface area contributed by atoms with Crippen LogP contribution in [0.2, 0.25) is 0 Å². The highest BCUT2D eigenvalue weighted by atomic mass is 79.9. The third-order valence-electron chi connectivity index (χ3n) is 4.36. The van der Waals surface area contributed by atoms with Crippen molar-refractivity contribution in [2.45, 2.75) is 0 Å². The van der Waals surface area contributed by atoms with E-state index in [0.717, 1.165) is 37.5 Å². The Balaban J connectivity index is 1.97. The van der Waals surface area contributed by atoms with Gasteiger partial charge in [-0.25, -0.2) is 4.98 Å². The van der Waals surface area contributed by atoms with E-state index in [1.807, 2.05) is 30.3 Å². The number of nitrogens with zero attached hydrogens (tertiary/aromatic N) is 1. The second kappa shape index (κ2) is 5.18. The van der Waals surface area contributed by atoms with Crippen molar-refractivity contribution in [3.05, 3.63) is 77.3 Å². The standard InChI is InChI=1S/C21H12BrNO/c22-14-11-9-13(10-12-14)20-16-6-2-1-5-15(16)19-17-7-3-4-8-18(17)24-21(19)23-20/h1-12H. The van der Waals surface area contributed by atoms with Crippen molar-refractivity contribution < 1.29 is 4.42 Å². The fourth-order valence-electron chi connectivity index (χ4n) is 3.27. The zero-order valence-corrected chi connectivity index (χ0v) is 14.2. The zero-order chi connectivity index (χ0) is 16.1. The fraction of sp³-hybridized carbons (Fsp3) is 0. The SMILES string of the molecule is Brc1ccc(-c2nc3oc4ccccc4c3c3ccccc23)cc1. The van der Waals surface area contributed by atoms with Gasteiger partial charge >= 0.3 is 0 Å². The highest BCUT2D eigenvalue weighted by Gasteiger charge is 2.15. The minimum Gasteiger partial charge on any atom is -0.438 e. The maximum absolute atomic E-state index is 6.03. The largest absolute Gasteiger partial charge is 0.438 e. The number of aromatic nitrogens is 1. The van der Waals surface area contributed by atoms with E-state index in [4.69, 9.17) is 9.40 Å². The van der Waals surface area contributed by atoms with Crippen LogP contribution in [0.25, 0.3) is 44.1 Å². The maximum Gasteiger partial charge on any atom is 0.228 e. The average Bonchev–Trinajstić information content (AvgIpc) is 3.00. The van der Waals surface area contributed by atoms with Gasteiger partial charge in [-0.1, -0.05) is 70.5 Å². The second-order valence-electron chi connectivity index (χ2n) is 5.79. The molecule has 0 fully saturated rings. The van der Waals surface area contributed by atoms with E-state index in [-0.39, 0.29) is 0 Å². The molecule has 2 nitrogen and oxygen atoms in total. The molecule has 0 saturated carbocycles. The van der Waals surface area contributed by atoms with Gasteiger partial charge in [0.25, 0.3) is 0 Å². The van der Waals surface area contributed by atoms with Gasteiger partial charge in [-0.05, 0) is 23.6 Å². The molecule has 0 unspecified atom stereocenters. The van der Waals surface area contributed by atoms with Crippen LogP contribution in [0.4, 0.5) is 0 Å². The van der Waals surface area contributed by atoms with Crippen molar-refractivity contribution in [3.8, 4) is 11.3 Å². The fourth-order valence-corrected chi connectivity index (χ4v) is 3.53. The van der Waals surface area contributed by atoms with Crippen LogP contribution in [0, 0.1) is 0 Å². The number of hydrogen-bond donors (Lipinski definition) is 0. The van der Waals surface area contributed by atoms with E-state index >= 15 is 0 Å². The Morgan fingerprint density at radius 3 is 2.17 bits per heavy atom. The highest BCUT2D eigenvalue weighted by molar-refractivity contribution is 9.10. The van der Waals surface area contributed by atoms with Gasteiger partial charge in [-0.3, -0.25) is 0 Å². The van der Waals surface area contributed by atoms with Gasteiger partial charge in [0.15, 0.2) is 0 Å². The van der Waals surface area contributed by atoms with E-state index in [9.17, 15) is 0 Å². The smallest absolute Gasteiger partial charge is 0.228 e. The molecule has 3 aromatic carbocycles. The molecule has 0 spiro atoms. The Bertz CT molecular complexity index is 1210. The Morgan fingerprint density at radius 2 is 1.38 bits per heavy atom. The van der Waals surface area contributed by atoms with Crippen LogP contribution >= 0.6 is 15.9 Å². The molecule has 0 radical (unpaired) electrons. The van der Waals surface area contributed by atoms with Crippen LogP contribution in [-0.2, 0) is 0 Å². The van der Waals surface area contributed by atoms with E-state index < -0.39 is 0 Å². The lowest BCUT2D eigenvalue weighted by Gasteiger charge is -2.07. The van der Waals surface area contributed by atoms with Crippen LogP contribution in [0.5, 0.6) is 0 Å². The second-order valence-corrected chi connectivity index (χ2v) is 6.71. The molecule has 0 saturated heterocycles. The molecule has 2 heterocycles. The summed E-state index contributed by atoms with van der Waals surface area (Å²) in [7, 11) is 0. The highest BCUT2D eigenvalue weighted by Crippen LogP contribution is 2.37. The number of furan rings is 1. The Morgan fingerprint density at radius 1 is 0.708 bits per heavy atom. The van der Waals surface area contributed by atoms with Crippen molar-refractivity contribution in [1.82, 2.24) is 4.98 Å². The Hall–Kier alpha value is -2.65. The zero-order valence-electron chi connectivity index (χ0n) is 12.7. The first-order valence-electron chi connectivity index (χ1n) is 7.77. The van der Waals surface area contributed by atoms with Crippen molar-refractivity contribution in [1.29, 1.82) is 0 Å². The predicted molar refractivity (Wildman–Crippen MR) is 102 cm³/mol. The van der Waals surface area contributed by atoms with Gasteiger partial charge in [0.05, 0.1) is 11.1 Å². The molecule has 24 heavy (non-hydrogen) atoms. The summed E-state index contributed by atoms with van der Waals surface area (Å²) in [5.74, 6) is 0. The number of rotatable bonds is 1. The molecule has 0 amide bonds. The summed E-state index contributed by atoms with van der Waals surface area (Å²) < 4.78 is 7.08. The predicted octanol–water partition coefficient (Wildman–Crippen LogP) is 6.56. The van der Waals surface area contributed by atoms with E-state index in [2.05, 4.69) is 58.4 Å². The quantitative estimate of drug-likeness (QED) is 0.332. The summed E-state index contributed by atoms with van der Waals surface area (Å²) in [6, 6.07) is 24.7. The van der Waals surface area contributed by atoms with Gasteiger partial charge in [0.2, 0.25) is 5.71 Å². The third kappa shape index (κ3) is 1.98. The van der Waals surface area contributed by atoms with E-state index in [1.165, 1.54) is 5.39 Å². The summed E-state index contributed by atoms with van der Waals surface area (Å²) in [6.45, 7) is 0. The molecule has 0 aliphatic carbocycles. The van der Waals surface area contributed by atoms with Gasteiger partial charge in [0.1, 0.15) is 5.58 Å². The van der Waals surface area contributed by atoms with Gasteiger partial charge in [-0.15, -0.1) is 0 Å². The Kier molecular flexibility index (Phi) is 2.97. The minimum absolute atomic E-state index is 0.688. The number of pyridine rings is 1. The van der Waals surface area contributed by atoms with Crippen molar-refractivity contribution >= 4 is 48.8 Å². The number of fused-ring (bicyclic) bond motifs is 5. The molecule has 0 N–H and O–H groups in total. The topological polar surface area (TPSA) is 26.0 Å². The number of benzene rings is 3. The first-order chi connectivity index (χ1) is 11.8. The monoisotopic (exact) mass is 373 g/mol. The molecule has 0 bridgehead atoms. The molecule has 0 aliphatic heterocycles. The van der Waals surface area contributed by atoms with E-state index in [1.54, 1.807) is 0 Å². The normalized spacial score (nSPS) is 11.5. The third-order valence-corrected chi connectivity index (χ3v) is 4.89. The van der Waals surface area contributed by atoms with Crippen LogP contribution in [0.3, 0.4) is 0 Å². The summed E-state index contributed by atoms with van der Waals surface area (Å²) in [4.78, 5) is 4.86. The van der Waals surface area contributed by atoms with Crippen molar-refractivity contribution in [2.24, 2.45) is 0 Å². The van der Waals surface area contributed by atoms with Crippen LogP contribution in [-0.4, -0.2) is 4.98 Å². The lowest BCUT2D eigenvalue weighted by Crippen LogP contribution is -1.87. The molecule has 0 atom stereocenters. The lowest BCUT2D eigenvalue weighted by molar-refractivity contribution is 0.655. The first kappa shape index (κ1) is 13.8. The Labute approximate surface area is 146 Å².